The molecule has 2 heteroatoms. The summed E-state index contributed by atoms with van der Waals surface area (Å²) in [6, 6.07) is 5.64. The van der Waals surface area contributed by atoms with E-state index in [0.29, 0.717) is 0 Å². The molecule has 0 radical (unpaired) electrons. The molecule has 2 rings (SSSR count). The van der Waals surface area contributed by atoms with Crippen molar-refractivity contribution in [3.8, 4) is 5.75 Å². The maximum Gasteiger partial charge on any atom is 0.150 e. The van der Waals surface area contributed by atoms with Gasteiger partial charge in [0, 0.05) is 11.1 Å². The number of benzene rings is 1. The minimum absolute atomic E-state index is 0.103. The predicted molar refractivity (Wildman–Crippen MR) is 54.9 cm³/mol. The van der Waals surface area contributed by atoms with E-state index in [0.717, 1.165) is 36.0 Å². The van der Waals surface area contributed by atoms with Gasteiger partial charge in [-0.1, -0.05) is 12.1 Å². The number of rotatable bonds is 1. The van der Waals surface area contributed by atoms with Crippen molar-refractivity contribution < 1.29 is 9.53 Å². The molecule has 2 nitrogen and oxygen atoms in total. The van der Waals surface area contributed by atoms with Crippen LogP contribution in [0.15, 0.2) is 18.2 Å². The van der Waals surface area contributed by atoms with Crippen LogP contribution in [0.1, 0.15) is 36.2 Å². The van der Waals surface area contributed by atoms with Gasteiger partial charge >= 0.3 is 0 Å². The second kappa shape index (κ2) is 3.12. The zero-order chi connectivity index (χ0) is 10.2. The van der Waals surface area contributed by atoms with E-state index in [1.807, 2.05) is 18.2 Å². The van der Waals surface area contributed by atoms with Crippen molar-refractivity contribution >= 4 is 6.29 Å². The molecule has 1 aliphatic heterocycles. The van der Waals surface area contributed by atoms with Crippen LogP contribution in [0.2, 0.25) is 0 Å². The molecular formula is C12H14O2. The predicted octanol–water partition coefficient (Wildman–Crippen LogP) is 2.60. The van der Waals surface area contributed by atoms with Gasteiger partial charge in [-0.05, 0) is 32.8 Å². The van der Waals surface area contributed by atoms with Gasteiger partial charge in [-0.25, -0.2) is 0 Å². The zero-order valence-electron chi connectivity index (χ0n) is 8.54. The summed E-state index contributed by atoms with van der Waals surface area (Å²) in [7, 11) is 0. The van der Waals surface area contributed by atoms with E-state index in [1.165, 1.54) is 0 Å². The Morgan fingerprint density at radius 2 is 2.21 bits per heavy atom. The van der Waals surface area contributed by atoms with E-state index in [9.17, 15) is 4.79 Å². The first-order valence-electron chi connectivity index (χ1n) is 4.88. The van der Waals surface area contributed by atoms with Crippen molar-refractivity contribution in [3.63, 3.8) is 0 Å². The first-order valence-corrected chi connectivity index (χ1v) is 4.88. The van der Waals surface area contributed by atoms with E-state index in [2.05, 4.69) is 13.8 Å². The number of fused-ring (bicyclic) bond motifs is 1. The molecule has 1 aliphatic rings. The van der Waals surface area contributed by atoms with Crippen LogP contribution in [0.25, 0.3) is 0 Å². The lowest BCUT2D eigenvalue weighted by Gasteiger charge is -2.33. The van der Waals surface area contributed by atoms with Gasteiger partial charge in [-0.3, -0.25) is 4.79 Å². The molecule has 1 aromatic carbocycles. The third-order valence-corrected chi connectivity index (χ3v) is 2.66. The SMILES string of the molecule is CC1(C)CCc2c(C=O)cccc2O1. The van der Waals surface area contributed by atoms with Crippen molar-refractivity contribution in [1.29, 1.82) is 0 Å². The van der Waals surface area contributed by atoms with E-state index in [1.54, 1.807) is 0 Å². The molecule has 0 amide bonds. The highest BCUT2D eigenvalue weighted by atomic mass is 16.5. The van der Waals surface area contributed by atoms with Gasteiger partial charge in [0.25, 0.3) is 0 Å². The van der Waals surface area contributed by atoms with Crippen LogP contribution in [-0.2, 0) is 6.42 Å². The molecule has 0 atom stereocenters. The van der Waals surface area contributed by atoms with Crippen molar-refractivity contribution in [2.45, 2.75) is 32.3 Å². The largest absolute Gasteiger partial charge is 0.488 e. The van der Waals surface area contributed by atoms with Gasteiger partial charge in [0.1, 0.15) is 17.6 Å². The molecule has 1 heterocycles. The average molecular weight is 190 g/mol. The summed E-state index contributed by atoms with van der Waals surface area (Å²) in [4.78, 5) is 10.8. The average Bonchev–Trinajstić information content (AvgIpc) is 2.15. The first-order chi connectivity index (χ1) is 6.62. The molecule has 0 aromatic heterocycles. The van der Waals surface area contributed by atoms with Gasteiger partial charge in [-0.2, -0.15) is 0 Å². The molecule has 0 unspecified atom stereocenters. The number of hydrogen-bond acceptors (Lipinski definition) is 2. The third-order valence-electron chi connectivity index (χ3n) is 2.66. The zero-order valence-corrected chi connectivity index (χ0v) is 8.54. The van der Waals surface area contributed by atoms with Crippen molar-refractivity contribution in [2.24, 2.45) is 0 Å². The van der Waals surface area contributed by atoms with Gasteiger partial charge < -0.3 is 4.74 Å². The van der Waals surface area contributed by atoms with Gasteiger partial charge in [0.15, 0.2) is 0 Å². The minimum Gasteiger partial charge on any atom is -0.488 e. The minimum atomic E-state index is -0.103. The van der Waals surface area contributed by atoms with Crippen LogP contribution < -0.4 is 4.74 Å². The van der Waals surface area contributed by atoms with Gasteiger partial charge in [0.2, 0.25) is 0 Å². The Labute approximate surface area is 83.9 Å². The maximum absolute atomic E-state index is 10.8. The summed E-state index contributed by atoms with van der Waals surface area (Å²) in [5.74, 6) is 0.867. The molecule has 0 N–H and O–H groups in total. The number of carbonyl (C=O) groups is 1. The summed E-state index contributed by atoms with van der Waals surface area (Å²) in [5.41, 5.74) is 1.72. The smallest absolute Gasteiger partial charge is 0.150 e. The summed E-state index contributed by atoms with van der Waals surface area (Å²) < 4.78 is 5.80. The van der Waals surface area contributed by atoms with E-state index in [4.69, 9.17) is 4.74 Å². The highest BCUT2D eigenvalue weighted by Crippen LogP contribution is 2.34. The van der Waals surface area contributed by atoms with Gasteiger partial charge in [0.05, 0.1) is 0 Å². The fraction of sp³-hybridized carbons (Fsp3) is 0.417. The third kappa shape index (κ3) is 1.52. The first kappa shape index (κ1) is 9.25. The topological polar surface area (TPSA) is 26.3 Å². The lowest BCUT2D eigenvalue weighted by Crippen LogP contribution is -2.32. The van der Waals surface area contributed by atoms with E-state index >= 15 is 0 Å². The van der Waals surface area contributed by atoms with Crippen LogP contribution in [0.5, 0.6) is 5.75 Å². The number of hydrogen-bond donors (Lipinski definition) is 0. The highest BCUT2D eigenvalue weighted by Gasteiger charge is 2.27. The molecule has 0 fully saturated rings. The Hall–Kier alpha value is -1.31. The lowest BCUT2D eigenvalue weighted by atomic mass is 9.92. The molecule has 14 heavy (non-hydrogen) atoms. The fourth-order valence-electron chi connectivity index (χ4n) is 1.83. The standard InChI is InChI=1S/C12H14O2/c1-12(2)7-6-10-9(8-13)4-3-5-11(10)14-12/h3-5,8H,6-7H2,1-2H3. The summed E-state index contributed by atoms with van der Waals surface area (Å²) in [6.07, 6.45) is 2.79. The Bertz CT molecular complexity index is 367. The molecule has 1 aromatic rings. The molecule has 0 bridgehead atoms. The number of aldehydes is 1. The normalized spacial score (nSPS) is 18.1. The monoisotopic (exact) mass is 190 g/mol. The molecule has 0 saturated carbocycles. The maximum atomic E-state index is 10.8. The molecule has 74 valence electrons. The Morgan fingerprint density at radius 3 is 2.93 bits per heavy atom. The summed E-state index contributed by atoms with van der Waals surface area (Å²) >= 11 is 0. The Balaban J connectivity index is 2.45. The van der Waals surface area contributed by atoms with Crippen LogP contribution in [0.4, 0.5) is 0 Å². The molecule has 0 spiro atoms. The number of ether oxygens (including phenoxy) is 1. The second-order valence-electron chi connectivity index (χ2n) is 4.30. The van der Waals surface area contributed by atoms with Crippen LogP contribution in [0.3, 0.4) is 0 Å². The second-order valence-corrected chi connectivity index (χ2v) is 4.30. The van der Waals surface area contributed by atoms with Crippen LogP contribution in [0, 0.1) is 0 Å². The lowest BCUT2D eigenvalue weighted by molar-refractivity contribution is 0.0839. The van der Waals surface area contributed by atoms with Crippen LogP contribution in [-0.4, -0.2) is 11.9 Å². The fourth-order valence-corrected chi connectivity index (χ4v) is 1.83. The highest BCUT2D eigenvalue weighted by molar-refractivity contribution is 5.78. The summed E-state index contributed by atoms with van der Waals surface area (Å²) in [6.45, 7) is 4.15. The molecule has 0 saturated heterocycles. The summed E-state index contributed by atoms with van der Waals surface area (Å²) in [5, 5.41) is 0. The van der Waals surface area contributed by atoms with E-state index < -0.39 is 0 Å². The van der Waals surface area contributed by atoms with Crippen molar-refractivity contribution in [3.05, 3.63) is 29.3 Å². The Morgan fingerprint density at radius 1 is 1.43 bits per heavy atom. The quantitative estimate of drug-likeness (QED) is 0.636. The van der Waals surface area contributed by atoms with Crippen molar-refractivity contribution in [2.75, 3.05) is 0 Å². The Kier molecular flexibility index (Phi) is 2.06. The van der Waals surface area contributed by atoms with Crippen LogP contribution >= 0.6 is 0 Å². The number of carbonyl (C=O) groups excluding carboxylic acids is 1. The molecular weight excluding hydrogens is 176 g/mol. The molecule has 0 aliphatic carbocycles. The van der Waals surface area contributed by atoms with Crippen molar-refractivity contribution in [1.82, 2.24) is 0 Å². The van der Waals surface area contributed by atoms with E-state index in [-0.39, 0.29) is 5.60 Å². The van der Waals surface area contributed by atoms with Gasteiger partial charge in [-0.15, -0.1) is 0 Å².